The lowest BCUT2D eigenvalue weighted by atomic mass is 9.91. The molecule has 1 atom stereocenters. The van der Waals surface area contributed by atoms with Crippen molar-refractivity contribution in [3.8, 4) is 0 Å². The molecule has 118 valence electrons. The summed E-state index contributed by atoms with van der Waals surface area (Å²) in [5.74, 6) is -7.74. The number of fused-ring (bicyclic) bond motifs is 1. The van der Waals surface area contributed by atoms with Crippen LogP contribution in [0.25, 0.3) is 0 Å². The monoisotopic (exact) mass is 322 g/mol. The number of carboxylic acid groups (broad SMARTS) is 1. The minimum absolute atomic E-state index is 0.190. The van der Waals surface area contributed by atoms with E-state index in [1.807, 2.05) is 0 Å². The van der Waals surface area contributed by atoms with E-state index in [2.05, 4.69) is 10.3 Å². The van der Waals surface area contributed by atoms with Gasteiger partial charge in [-0.05, 0) is 24.1 Å². The van der Waals surface area contributed by atoms with Crippen molar-refractivity contribution in [2.75, 3.05) is 5.32 Å². The second-order valence-corrected chi connectivity index (χ2v) is 4.86. The van der Waals surface area contributed by atoms with Gasteiger partial charge in [0, 0.05) is 0 Å². The first-order valence-electron chi connectivity index (χ1n) is 6.40. The fraction of sp³-hybridized carbons (Fsp3) is 0.143. The Bertz CT molecular complexity index is 846. The van der Waals surface area contributed by atoms with Gasteiger partial charge in [0.15, 0.2) is 17.5 Å². The van der Waals surface area contributed by atoms with E-state index in [4.69, 9.17) is 9.52 Å². The van der Waals surface area contributed by atoms with Gasteiger partial charge in [-0.2, -0.15) is 4.98 Å². The number of nitrogens with zero attached hydrogens (tertiary/aromatic N) is 1. The molecular weight excluding hydrogens is 314 g/mol. The first-order valence-corrected chi connectivity index (χ1v) is 6.40. The molecular formula is C14H8F2N2O5. The lowest BCUT2D eigenvalue weighted by molar-refractivity contribution is -0.118. The van der Waals surface area contributed by atoms with Gasteiger partial charge in [-0.3, -0.25) is 9.59 Å². The summed E-state index contributed by atoms with van der Waals surface area (Å²) in [6.07, 6.45) is -0.190. The van der Waals surface area contributed by atoms with Crippen molar-refractivity contribution in [3.05, 3.63) is 47.0 Å². The Morgan fingerprint density at radius 3 is 2.70 bits per heavy atom. The van der Waals surface area contributed by atoms with E-state index >= 15 is 0 Å². The molecule has 0 saturated heterocycles. The number of carboxylic acids is 1. The third-order valence-corrected chi connectivity index (χ3v) is 3.33. The lowest BCUT2D eigenvalue weighted by Gasteiger charge is -2.18. The Kier molecular flexibility index (Phi) is 3.40. The number of ketones is 1. The Morgan fingerprint density at radius 1 is 1.30 bits per heavy atom. The smallest absolute Gasteiger partial charge is 0.392 e. The van der Waals surface area contributed by atoms with Crippen LogP contribution in [0.2, 0.25) is 0 Å². The number of aromatic carboxylic acids is 1. The van der Waals surface area contributed by atoms with Gasteiger partial charge in [-0.15, -0.1) is 0 Å². The molecule has 0 bridgehead atoms. The number of oxazole rings is 1. The second kappa shape index (κ2) is 5.27. The van der Waals surface area contributed by atoms with Crippen molar-refractivity contribution >= 4 is 23.5 Å². The molecule has 0 aliphatic carbocycles. The topological polar surface area (TPSA) is 110 Å². The molecule has 2 N–H and O–H groups in total. The molecule has 1 unspecified atom stereocenters. The number of benzene rings is 1. The van der Waals surface area contributed by atoms with Gasteiger partial charge in [0.05, 0.1) is 0 Å². The second-order valence-electron chi connectivity index (χ2n) is 4.86. The summed E-state index contributed by atoms with van der Waals surface area (Å²) in [5.41, 5.74) is 0.235. The number of nitrogens with one attached hydrogen (secondary N) is 1. The van der Waals surface area contributed by atoms with Crippen molar-refractivity contribution in [2.24, 2.45) is 5.92 Å². The number of rotatable bonds is 3. The Balaban J connectivity index is 1.91. The molecule has 0 radical (unpaired) electrons. The fourth-order valence-electron chi connectivity index (χ4n) is 2.23. The van der Waals surface area contributed by atoms with Crippen molar-refractivity contribution in [1.82, 2.24) is 4.98 Å². The maximum Gasteiger partial charge on any atom is 0.392 e. The van der Waals surface area contributed by atoms with Gasteiger partial charge in [0.25, 0.3) is 0 Å². The molecule has 0 fully saturated rings. The number of anilines is 1. The average Bonchev–Trinajstić information content (AvgIpc) is 2.91. The number of aromatic nitrogens is 1. The zero-order valence-electron chi connectivity index (χ0n) is 11.3. The Hall–Kier alpha value is -3.10. The van der Waals surface area contributed by atoms with Crippen LogP contribution < -0.4 is 5.32 Å². The normalized spacial score (nSPS) is 16.9. The molecule has 23 heavy (non-hydrogen) atoms. The molecule has 2 aromatic rings. The molecule has 0 saturated carbocycles. The highest BCUT2D eigenvalue weighted by Gasteiger charge is 2.39. The van der Waals surface area contributed by atoms with Gasteiger partial charge in [-0.25, -0.2) is 13.6 Å². The van der Waals surface area contributed by atoms with Crippen LogP contribution in [0.3, 0.4) is 0 Å². The summed E-state index contributed by atoms with van der Waals surface area (Å²) in [6, 6.07) is 3.02. The quantitative estimate of drug-likeness (QED) is 0.832. The summed E-state index contributed by atoms with van der Waals surface area (Å²) < 4.78 is 30.9. The molecule has 1 aromatic heterocycles. The van der Waals surface area contributed by atoms with Gasteiger partial charge in [0.2, 0.25) is 17.5 Å². The maximum absolute atomic E-state index is 13.2. The fourth-order valence-corrected chi connectivity index (χ4v) is 2.23. The van der Waals surface area contributed by atoms with Gasteiger partial charge >= 0.3 is 11.9 Å². The molecule has 2 heterocycles. The third kappa shape index (κ3) is 2.56. The molecule has 7 nitrogen and oxygen atoms in total. The van der Waals surface area contributed by atoms with Crippen molar-refractivity contribution in [1.29, 1.82) is 0 Å². The van der Waals surface area contributed by atoms with Crippen LogP contribution >= 0.6 is 0 Å². The van der Waals surface area contributed by atoms with E-state index in [-0.39, 0.29) is 23.6 Å². The summed E-state index contributed by atoms with van der Waals surface area (Å²) in [6.45, 7) is 0. The minimum Gasteiger partial charge on any atom is -0.474 e. The number of hydrogen-bond acceptors (Lipinski definition) is 5. The van der Waals surface area contributed by atoms with E-state index in [0.717, 1.165) is 12.1 Å². The Labute approximate surface area is 126 Å². The van der Waals surface area contributed by atoms with Crippen LogP contribution in [0.15, 0.2) is 22.6 Å². The molecule has 1 aliphatic heterocycles. The molecule has 3 rings (SSSR count). The molecule has 9 heteroatoms. The van der Waals surface area contributed by atoms with Crippen LogP contribution in [-0.2, 0) is 11.2 Å². The van der Waals surface area contributed by atoms with E-state index < -0.39 is 41.1 Å². The highest BCUT2D eigenvalue weighted by molar-refractivity contribution is 6.19. The predicted molar refractivity (Wildman–Crippen MR) is 70.0 cm³/mol. The average molecular weight is 322 g/mol. The number of halogens is 2. The number of carbonyl (C=O) groups excluding carboxylic acids is 2. The van der Waals surface area contributed by atoms with Gasteiger partial charge in [0.1, 0.15) is 5.92 Å². The zero-order valence-corrected chi connectivity index (χ0v) is 11.3. The third-order valence-electron chi connectivity index (χ3n) is 3.33. The van der Waals surface area contributed by atoms with Crippen molar-refractivity contribution < 1.29 is 32.7 Å². The summed E-state index contributed by atoms with van der Waals surface area (Å²) in [5, 5.41) is 11.1. The zero-order chi connectivity index (χ0) is 16.7. The van der Waals surface area contributed by atoms with Crippen molar-refractivity contribution in [3.63, 3.8) is 0 Å². The predicted octanol–water partition coefficient (Wildman–Crippen LogP) is 1.64. The van der Waals surface area contributed by atoms with Gasteiger partial charge in [-0.1, -0.05) is 6.07 Å². The van der Waals surface area contributed by atoms with E-state index in [0.29, 0.717) is 0 Å². The largest absolute Gasteiger partial charge is 0.474 e. The summed E-state index contributed by atoms with van der Waals surface area (Å²) >= 11 is 0. The highest BCUT2D eigenvalue weighted by atomic mass is 19.2. The summed E-state index contributed by atoms with van der Waals surface area (Å²) in [4.78, 5) is 38.5. The van der Waals surface area contributed by atoms with Crippen LogP contribution in [-0.4, -0.2) is 27.8 Å². The Morgan fingerprint density at radius 2 is 2.04 bits per heavy atom. The highest BCUT2D eigenvalue weighted by Crippen LogP contribution is 2.28. The SMILES string of the molecule is O=C(O)c1nc2c(o1)C(=O)C(Cc1ccc(F)c(F)c1)C(=O)N2. The minimum atomic E-state index is -1.49. The molecule has 1 aliphatic rings. The standard InChI is InChI=1S/C14H8F2N2O5/c15-7-2-1-5(4-8(7)16)3-6-9(19)10-11(17-12(6)20)18-13(23-10)14(21)22/h1-2,4,6H,3H2,(H,17,20)(H,21,22). The lowest BCUT2D eigenvalue weighted by Crippen LogP contribution is -2.36. The number of amides is 1. The van der Waals surface area contributed by atoms with Crippen LogP contribution in [0, 0.1) is 17.6 Å². The van der Waals surface area contributed by atoms with E-state index in [9.17, 15) is 23.2 Å². The van der Waals surface area contributed by atoms with Crippen LogP contribution in [0.4, 0.5) is 14.6 Å². The van der Waals surface area contributed by atoms with Gasteiger partial charge < -0.3 is 14.8 Å². The molecule has 0 spiro atoms. The van der Waals surface area contributed by atoms with Crippen LogP contribution in [0.5, 0.6) is 0 Å². The number of Topliss-reactive ketones (excluding diaryl/α,β-unsaturated/α-hetero) is 1. The maximum atomic E-state index is 13.2. The van der Waals surface area contributed by atoms with E-state index in [1.54, 1.807) is 0 Å². The van der Waals surface area contributed by atoms with E-state index in [1.165, 1.54) is 6.07 Å². The first-order chi connectivity index (χ1) is 10.9. The molecule has 1 aromatic carbocycles. The molecule has 1 amide bonds. The van der Waals surface area contributed by atoms with Crippen molar-refractivity contribution in [2.45, 2.75) is 6.42 Å². The first kappa shape index (κ1) is 14.8. The van der Waals surface area contributed by atoms with Crippen LogP contribution in [0.1, 0.15) is 26.8 Å². The number of hydrogen-bond donors (Lipinski definition) is 2. The number of carbonyl (C=O) groups is 3. The summed E-state index contributed by atoms with van der Waals surface area (Å²) in [7, 11) is 0.